The van der Waals surface area contributed by atoms with E-state index in [2.05, 4.69) is 4.74 Å². The molecular formula is C8H15NO6S. The topological polar surface area (TPSA) is 110 Å². The lowest BCUT2D eigenvalue weighted by atomic mass is 10.1. The Bertz CT molecular complexity index is 361. The third kappa shape index (κ3) is 5.08. The Morgan fingerprint density at radius 1 is 1.38 bits per heavy atom. The summed E-state index contributed by atoms with van der Waals surface area (Å²) >= 11 is 0. The van der Waals surface area contributed by atoms with Gasteiger partial charge in [0, 0.05) is 0 Å². The molecule has 0 aromatic rings. The number of carbonyl (C=O) groups excluding carboxylic acids is 1. The number of ether oxygens (including phenoxy) is 1. The van der Waals surface area contributed by atoms with E-state index in [1.165, 1.54) is 0 Å². The first-order valence-corrected chi connectivity index (χ1v) is 6.14. The van der Waals surface area contributed by atoms with Crippen molar-refractivity contribution in [2.75, 3.05) is 12.9 Å². The van der Waals surface area contributed by atoms with Crippen LogP contribution in [-0.2, 0) is 24.3 Å². The van der Waals surface area contributed by atoms with E-state index < -0.39 is 39.7 Å². The zero-order valence-electron chi connectivity index (χ0n) is 9.26. The van der Waals surface area contributed by atoms with E-state index in [1.54, 1.807) is 13.8 Å². The number of hydrogen-bond donors (Lipinski definition) is 2. The van der Waals surface area contributed by atoms with E-state index in [9.17, 15) is 18.0 Å². The SMILES string of the molecule is COC(=O)CS(=O)(=O)N[C@@H](C(=O)O)C(C)C. The van der Waals surface area contributed by atoms with Gasteiger partial charge >= 0.3 is 11.9 Å². The van der Waals surface area contributed by atoms with Crippen molar-refractivity contribution in [2.24, 2.45) is 5.92 Å². The summed E-state index contributed by atoms with van der Waals surface area (Å²) in [6.07, 6.45) is 0. The average molecular weight is 253 g/mol. The van der Waals surface area contributed by atoms with Gasteiger partial charge in [-0.05, 0) is 5.92 Å². The molecule has 0 aromatic heterocycles. The van der Waals surface area contributed by atoms with Crippen LogP contribution in [0.5, 0.6) is 0 Å². The highest BCUT2D eigenvalue weighted by molar-refractivity contribution is 7.90. The summed E-state index contributed by atoms with van der Waals surface area (Å²) in [5.74, 6) is -3.55. The van der Waals surface area contributed by atoms with Crippen molar-refractivity contribution in [3.63, 3.8) is 0 Å². The van der Waals surface area contributed by atoms with Crippen molar-refractivity contribution >= 4 is 22.0 Å². The number of carbonyl (C=O) groups is 2. The zero-order valence-corrected chi connectivity index (χ0v) is 10.1. The summed E-state index contributed by atoms with van der Waals surface area (Å²) in [4.78, 5) is 21.5. The maximum atomic E-state index is 11.3. The van der Waals surface area contributed by atoms with Crippen molar-refractivity contribution in [2.45, 2.75) is 19.9 Å². The maximum Gasteiger partial charge on any atom is 0.322 e. The van der Waals surface area contributed by atoms with Crippen molar-refractivity contribution in [1.82, 2.24) is 4.72 Å². The highest BCUT2D eigenvalue weighted by atomic mass is 32.2. The van der Waals surface area contributed by atoms with Crippen LogP contribution in [0.3, 0.4) is 0 Å². The van der Waals surface area contributed by atoms with Gasteiger partial charge in [0.1, 0.15) is 6.04 Å². The Hall–Kier alpha value is -1.15. The smallest absolute Gasteiger partial charge is 0.322 e. The predicted molar refractivity (Wildman–Crippen MR) is 55.2 cm³/mol. The lowest BCUT2D eigenvalue weighted by Gasteiger charge is -2.17. The van der Waals surface area contributed by atoms with E-state index in [-0.39, 0.29) is 0 Å². The first kappa shape index (κ1) is 14.8. The Morgan fingerprint density at radius 3 is 2.19 bits per heavy atom. The number of rotatable bonds is 6. The quantitative estimate of drug-likeness (QED) is 0.599. The van der Waals surface area contributed by atoms with Crippen molar-refractivity contribution in [3.8, 4) is 0 Å². The monoisotopic (exact) mass is 253 g/mol. The fourth-order valence-electron chi connectivity index (χ4n) is 0.921. The van der Waals surface area contributed by atoms with Gasteiger partial charge < -0.3 is 9.84 Å². The molecule has 0 aliphatic rings. The molecule has 0 aliphatic carbocycles. The van der Waals surface area contributed by atoms with Gasteiger partial charge in [-0.2, -0.15) is 0 Å². The molecule has 0 heterocycles. The summed E-state index contributed by atoms with van der Waals surface area (Å²) in [6.45, 7) is 3.11. The fraction of sp³-hybridized carbons (Fsp3) is 0.750. The third-order valence-corrected chi connectivity index (χ3v) is 3.00. The van der Waals surface area contributed by atoms with Crippen LogP contribution in [0.1, 0.15) is 13.8 Å². The summed E-state index contributed by atoms with van der Waals surface area (Å²) in [7, 11) is -2.94. The molecular weight excluding hydrogens is 238 g/mol. The van der Waals surface area contributed by atoms with Crippen LogP contribution in [0.2, 0.25) is 0 Å². The number of nitrogens with one attached hydrogen (secondary N) is 1. The maximum absolute atomic E-state index is 11.3. The number of carboxylic acid groups (broad SMARTS) is 1. The number of aliphatic carboxylic acids is 1. The minimum atomic E-state index is -3.99. The number of esters is 1. The van der Waals surface area contributed by atoms with Crippen molar-refractivity contribution in [3.05, 3.63) is 0 Å². The Labute approximate surface area is 93.8 Å². The largest absolute Gasteiger partial charge is 0.480 e. The third-order valence-electron chi connectivity index (χ3n) is 1.77. The standard InChI is InChI=1S/C8H15NO6S/c1-5(2)7(8(11)12)9-16(13,14)4-6(10)15-3/h5,7,9H,4H2,1-3H3,(H,11,12)/t7-/m1/s1. The number of hydrogen-bond acceptors (Lipinski definition) is 5. The van der Waals surface area contributed by atoms with E-state index in [0.717, 1.165) is 7.11 Å². The first-order valence-electron chi connectivity index (χ1n) is 4.49. The molecule has 0 rings (SSSR count). The van der Waals surface area contributed by atoms with E-state index in [0.29, 0.717) is 0 Å². The number of sulfonamides is 1. The Balaban J connectivity index is 4.68. The van der Waals surface area contributed by atoms with Gasteiger partial charge in [-0.1, -0.05) is 13.8 Å². The molecule has 94 valence electrons. The van der Waals surface area contributed by atoms with E-state index in [1.807, 2.05) is 4.72 Å². The molecule has 0 fully saturated rings. The van der Waals surface area contributed by atoms with Gasteiger partial charge in [-0.15, -0.1) is 0 Å². The second kappa shape index (κ2) is 5.80. The summed E-state index contributed by atoms with van der Waals surface area (Å²) in [5, 5.41) is 8.76. The summed E-state index contributed by atoms with van der Waals surface area (Å²) in [5.41, 5.74) is 0. The van der Waals surface area contributed by atoms with Gasteiger partial charge in [0.15, 0.2) is 5.75 Å². The predicted octanol–water partition coefficient (Wildman–Crippen LogP) is -0.812. The molecule has 0 aromatic carbocycles. The molecule has 0 saturated heterocycles. The second-order valence-corrected chi connectivity index (χ2v) is 5.27. The van der Waals surface area contributed by atoms with Crippen LogP contribution in [0.25, 0.3) is 0 Å². The molecule has 0 saturated carbocycles. The van der Waals surface area contributed by atoms with Crippen LogP contribution < -0.4 is 4.72 Å². The molecule has 0 spiro atoms. The molecule has 1 atom stereocenters. The zero-order chi connectivity index (χ0) is 12.9. The summed E-state index contributed by atoms with van der Waals surface area (Å²) in [6, 6.07) is -1.25. The van der Waals surface area contributed by atoms with Crippen LogP contribution in [0, 0.1) is 5.92 Å². The molecule has 0 radical (unpaired) electrons. The van der Waals surface area contributed by atoms with Gasteiger partial charge in [-0.3, -0.25) is 9.59 Å². The van der Waals surface area contributed by atoms with Gasteiger partial charge in [-0.25, -0.2) is 13.1 Å². The minimum Gasteiger partial charge on any atom is -0.480 e. The van der Waals surface area contributed by atoms with Gasteiger partial charge in [0.2, 0.25) is 10.0 Å². The molecule has 0 aliphatic heterocycles. The number of methoxy groups -OCH3 is 1. The Morgan fingerprint density at radius 2 is 1.88 bits per heavy atom. The number of carboxylic acids is 1. The van der Waals surface area contributed by atoms with Gasteiger partial charge in [0.05, 0.1) is 7.11 Å². The highest BCUT2D eigenvalue weighted by Crippen LogP contribution is 2.04. The Kier molecular flexibility index (Phi) is 5.39. The van der Waals surface area contributed by atoms with E-state index >= 15 is 0 Å². The van der Waals surface area contributed by atoms with Gasteiger partial charge in [0.25, 0.3) is 0 Å². The van der Waals surface area contributed by atoms with Crippen LogP contribution in [0.4, 0.5) is 0 Å². The fourth-order valence-corrected chi connectivity index (χ4v) is 2.19. The molecule has 8 heteroatoms. The molecule has 2 N–H and O–H groups in total. The van der Waals surface area contributed by atoms with Crippen molar-refractivity contribution in [1.29, 1.82) is 0 Å². The first-order chi connectivity index (χ1) is 7.19. The van der Waals surface area contributed by atoms with Crippen LogP contribution in [-0.4, -0.2) is 44.4 Å². The average Bonchev–Trinajstić information content (AvgIpc) is 2.12. The molecule has 16 heavy (non-hydrogen) atoms. The molecule has 7 nitrogen and oxygen atoms in total. The highest BCUT2D eigenvalue weighted by Gasteiger charge is 2.28. The van der Waals surface area contributed by atoms with Crippen LogP contribution in [0.15, 0.2) is 0 Å². The lowest BCUT2D eigenvalue weighted by molar-refractivity contribution is -0.140. The molecule has 0 amide bonds. The van der Waals surface area contributed by atoms with Crippen LogP contribution >= 0.6 is 0 Å². The summed E-state index contributed by atoms with van der Waals surface area (Å²) < 4.78 is 28.8. The molecule has 0 bridgehead atoms. The molecule has 0 unspecified atom stereocenters. The second-order valence-electron chi connectivity index (χ2n) is 3.51. The normalized spacial score (nSPS) is 13.5. The lowest BCUT2D eigenvalue weighted by Crippen LogP contribution is -2.46. The van der Waals surface area contributed by atoms with Crippen molar-refractivity contribution < 1.29 is 27.9 Å². The van der Waals surface area contributed by atoms with E-state index in [4.69, 9.17) is 5.11 Å². The minimum absolute atomic E-state index is 0.426.